The van der Waals surface area contributed by atoms with Gasteiger partial charge >= 0.3 is 6.01 Å². The first-order chi connectivity index (χ1) is 25.2. The first kappa shape index (κ1) is 36.2. The number of benzene rings is 3. The van der Waals surface area contributed by atoms with Gasteiger partial charge in [0, 0.05) is 72.9 Å². The van der Waals surface area contributed by atoms with E-state index in [1.165, 1.54) is 56.4 Å². The van der Waals surface area contributed by atoms with Gasteiger partial charge in [-0.05, 0) is 70.2 Å². The first-order valence-corrected chi connectivity index (χ1v) is 19.4. The molecule has 9 rings (SSSR count). The van der Waals surface area contributed by atoms with E-state index < -0.39 is 11.6 Å². The summed E-state index contributed by atoms with van der Waals surface area (Å²) < 4.78 is 37.3. The molecule has 4 aliphatic rings. The largest absolute Gasteiger partial charge is 0.508 e. The number of phenolic OH excluding ortho intramolecular Hbond substituents is 1. The minimum absolute atomic E-state index is 0.0484. The van der Waals surface area contributed by atoms with Crippen molar-refractivity contribution in [1.29, 1.82) is 0 Å². The van der Waals surface area contributed by atoms with Crippen molar-refractivity contribution >= 4 is 49.2 Å². The summed E-state index contributed by atoms with van der Waals surface area (Å²) in [6, 6.07) is 16.8. The highest BCUT2D eigenvalue weighted by atomic mass is 35.7. The molecule has 2 N–H and O–H groups in total. The summed E-state index contributed by atoms with van der Waals surface area (Å²) in [6.07, 6.45) is 15.4. The Hall–Kier alpha value is -4.21. The average Bonchev–Trinajstić information content (AvgIpc) is 3.83. The first-order valence-electron chi connectivity index (χ1n) is 17.7. The molecule has 2 bridgehead atoms. The summed E-state index contributed by atoms with van der Waals surface area (Å²) in [5, 5.41) is 14.0. The second-order valence-electron chi connectivity index (χ2n) is 14.2. The number of aromatic nitrogens is 3. The third kappa shape index (κ3) is 7.22. The lowest BCUT2D eigenvalue weighted by Crippen LogP contribution is -2.51. The number of rotatable bonds is 4. The van der Waals surface area contributed by atoms with Crippen molar-refractivity contribution in [2.75, 3.05) is 45.2 Å². The number of hydrogen-bond acceptors (Lipinski definition) is 8. The normalized spacial score (nSPS) is 23.0. The van der Waals surface area contributed by atoms with Gasteiger partial charge in [0.2, 0.25) is 0 Å². The Bertz CT molecular complexity index is 2110. The van der Waals surface area contributed by atoms with Crippen molar-refractivity contribution in [2.24, 2.45) is 0 Å². The van der Waals surface area contributed by atoms with Gasteiger partial charge in [-0.1, -0.05) is 30.2 Å². The zero-order chi connectivity index (χ0) is 36.4. The number of terminal acetylenes is 1. The Kier molecular flexibility index (Phi) is 10.7. The minimum Gasteiger partial charge on any atom is -0.508 e. The van der Waals surface area contributed by atoms with Crippen LogP contribution < -0.4 is 15.0 Å². The van der Waals surface area contributed by atoms with Crippen LogP contribution in [0.1, 0.15) is 44.1 Å². The van der Waals surface area contributed by atoms with Crippen LogP contribution in [0.3, 0.4) is 0 Å². The number of aromatic hydroxyl groups is 1. The van der Waals surface area contributed by atoms with Crippen LogP contribution in [-0.2, 0) is 0 Å². The summed E-state index contributed by atoms with van der Waals surface area (Å²) in [7, 11) is 10.4. The van der Waals surface area contributed by atoms with Crippen LogP contribution in [0.15, 0.2) is 65.7 Å². The van der Waals surface area contributed by atoms with Crippen molar-refractivity contribution in [3.63, 3.8) is 0 Å². The number of fused-ring (bicyclic) bond motifs is 5. The maximum atomic E-state index is 16.1. The lowest BCUT2D eigenvalue weighted by molar-refractivity contribution is -0.908. The Morgan fingerprint density at radius 2 is 1.71 bits per heavy atom. The number of phenols is 1. The second kappa shape index (κ2) is 15.4. The third-order valence-electron chi connectivity index (χ3n) is 11.0. The summed E-state index contributed by atoms with van der Waals surface area (Å²) in [6.45, 7) is 4.46. The Labute approximate surface area is 311 Å². The van der Waals surface area contributed by atoms with E-state index in [1.807, 2.05) is 0 Å². The fourth-order valence-electron chi connectivity index (χ4n) is 8.32. The standard InChI is InChI=1S/C26H21F2N5O.C8H16N.C6H5ClOS/c1-3-17-20(27)10-7-14-5-4-6-18(21(14)17)23-22(28)24-19(11-29-23)25(32-26(31-24)34-2)33-12-15-8-9-16(13-33)30-15;1-9-6-2-4-8(9)5-3-7-9;7-9-6-3-1-5(8)2-4-6/h1,4-7,10-11,15-16,30H,8-9,12-13H2,2H3;8H,2-7H2,1H3;1-4,8H/q;+1;. The van der Waals surface area contributed by atoms with Gasteiger partial charge in [0.25, 0.3) is 0 Å². The van der Waals surface area contributed by atoms with Crippen molar-refractivity contribution in [3.05, 3.63) is 78.0 Å². The van der Waals surface area contributed by atoms with E-state index >= 15 is 4.39 Å². The molecule has 2 aromatic heterocycles. The van der Waals surface area contributed by atoms with Crippen LogP contribution in [-0.4, -0.2) is 83.0 Å². The van der Waals surface area contributed by atoms with Crippen molar-refractivity contribution in [3.8, 4) is 35.4 Å². The Morgan fingerprint density at radius 1 is 1.00 bits per heavy atom. The zero-order valence-corrected chi connectivity index (χ0v) is 30.9. The molecule has 0 saturated carbocycles. The molecular formula is C40H42ClF2N6O2S+. The van der Waals surface area contributed by atoms with Gasteiger partial charge in [0.15, 0.2) is 5.82 Å². The van der Waals surface area contributed by atoms with Crippen molar-refractivity contribution in [2.45, 2.75) is 61.5 Å². The summed E-state index contributed by atoms with van der Waals surface area (Å²) in [5.74, 6) is 2.11. The SMILES string of the molecule is C#Cc1c(F)ccc2cccc(-c3ncc4c(N5CC6CCC(C5)N6)nc(OC)nc4c3F)c12.C[N+]12CCCC1CCC2.Oc1ccc(SCl)cc1. The molecule has 4 saturated heterocycles. The quantitative estimate of drug-likeness (QED) is 0.141. The van der Waals surface area contributed by atoms with Crippen molar-refractivity contribution < 1.29 is 23.1 Å². The van der Waals surface area contributed by atoms with E-state index in [2.05, 4.69) is 38.1 Å². The minimum atomic E-state index is -0.628. The van der Waals surface area contributed by atoms with E-state index in [0.717, 1.165) is 47.8 Å². The molecule has 4 fully saturated rings. The fourth-order valence-corrected chi connectivity index (χ4v) is 8.87. The van der Waals surface area contributed by atoms with Crippen molar-refractivity contribution in [1.82, 2.24) is 20.3 Å². The van der Waals surface area contributed by atoms with Gasteiger partial charge < -0.3 is 24.5 Å². The van der Waals surface area contributed by atoms with E-state index in [4.69, 9.17) is 26.9 Å². The average molecular weight is 744 g/mol. The maximum absolute atomic E-state index is 16.1. The molecule has 0 radical (unpaired) electrons. The smallest absolute Gasteiger partial charge is 0.318 e. The molecular weight excluding hydrogens is 702 g/mol. The summed E-state index contributed by atoms with van der Waals surface area (Å²) in [5.41, 5.74) is 0.635. The third-order valence-corrected chi connectivity index (χ3v) is 11.9. The number of quaternary nitrogens is 1. The van der Waals surface area contributed by atoms with E-state index in [0.29, 0.717) is 39.6 Å². The summed E-state index contributed by atoms with van der Waals surface area (Å²) >= 11 is 0. The molecule has 270 valence electrons. The Morgan fingerprint density at radius 3 is 2.35 bits per heavy atom. The molecule has 0 amide bonds. The van der Waals surface area contributed by atoms with Gasteiger partial charge in [-0.25, -0.2) is 8.78 Å². The van der Waals surface area contributed by atoms with Crippen LogP contribution in [0.4, 0.5) is 14.6 Å². The number of halogens is 3. The number of anilines is 1. The molecule has 3 aromatic carbocycles. The van der Waals surface area contributed by atoms with Crippen LogP contribution in [0.5, 0.6) is 11.8 Å². The number of nitrogens with zero attached hydrogens (tertiary/aromatic N) is 5. The van der Waals surface area contributed by atoms with E-state index in [1.54, 1.807) is 54.7 Å². The number of pyridine rings is 1. The highest BCUT2D eigenvalue weighted by Crippen LogP contribution is 2.38. The molecule has 8 nitrogen and oxygen atoms in total. The molecule has 2 atom stereocenters. The number of ether oxygens (including phenoxy) is 1. The van der Waals surface area contributed by atoms with E-state index in [9.17, 15) is 4.39 Å². The molecule has 6 heterocycles. The summed E-state index contributed by atoms with van der Waals surface area (Å²) in [4.78, 5) is 16.4. The predicted octanol–water partition coefficient (Wildman–Crippen LogP) is 8.08. The molecule has 52 heavy (non-hydrogen) atoms. The number of nitrogens with one attached hydrogen (secondary N) is 1. The lowest BCUT2D eigenvalue weighted by Gasteiger charge is -2.34. The van der Waals surface area contributed by atoms with Gasteiger partial charge in [0.1, 0.15) is 28.6 Å². The molecule has 5 aromatic rings. The molecule has 0 spiro atoms. The zero-order valence-electron chi connectivity index (χ0n) is 29.3. The predicted molar refractivity (Wildman–Crippen MR) is 205 cm³/mol. The van der Waals surface area contributed by atoms with Crippen LogP contribution in [0.25, 0.3) is 32.9 Å². The number of piperazine rings is 1. The second-order valence-corrected chi connectivity index (χ2v) is 15.3. The van der Waals surface area contributed by atoms with Crippen LogP contribution >= 0.6 is 21.7 Å². The van der Waals surface area contributed by atoms with Gasteiger partial charge in [-0.15, -0.1) is 6.42 Å². The van der Waals surface area contributed by atoms with Crippen LogP contribution in [0.2, 0.25) is 0 Å². The number of hydrogen-bond donors (Lipinski definition) is 2. The van der Waals surface area contributed by atoms with Gasteiger partial charge in [-0.2, -0.15) is 9.97 Å². The highest BCUT2D eigenvalue weighted by molar-refractivity contribution is 8.21. The fraction of sp³-hybridized carbons (Fsp3) is 0.375. The van der Waals surface area contributed by atoms with Gasteiger partial charge in [-0.3, -0.25) is 4.98 Å². The van der Waals surface area contributed by atoms with E-state index in [-0.39, 0.29) is 28.5 Å². The van der Waals surface area contributed by atoms with Crippen LogP contribution in [0, 0.1) is 24.0 Å². The van der Waals surface area contributed by atoms with Gasteiger partial charge in [0.05, 0.1) is 44.2 Å². The molecule has 12 heteroatoms. The number of methoxy groups -OCH3 is 1. The maximum Gasteiger partial charge on any atom is 0.318 e. The topological polar surface area (TPSA) is 83.4 Å². The molecule has 2 unspecified atom stereocenters. The molecule has 0 aliphatic carbocycles. The highest BCUT2D eigenvalue weighted by Gasteiger charge is 2.41. The lowest BCUT2D eigenvalue weighted by atomic mass is 9.96. The Balaban J connectivity index is 0.000000189. The monoisotopic (exact) mass is 743 g/mol. The molecule has 4 aliphatic heterocycles.